The third-order valence-electron chi connectivity index (χ3n) is 6.87. The van der Waals surface area contributed by atoms with Crippen LogP contribution < -0.4 is 11.0 Å². The first-order valence-corrected chi connectivity index (χ1v) is 11.1. The van der Waals surface area contributed by atoms with Crippen LogP contribution in [0, 0.1) is 0 Å². The molecule has 0 saturated carbocycles. The maximum atomic E-state index is 12.9. The molecule has 33 heavy (non-hydrogen) atoms. The topological polar surface area (TPSA) is 61.0 Å². The zero-order valence-electron chi connectivity index (χ0n) is 18.6. The maximum absolute atomic E-state index is 12.9. The Morgan fingerprint density at radius 1 is 0.879 bits per heavy atom. The molecule has 2 aromatic heterocycles. The minimum absolute atomic E-state index is 0.000330. The van der Waals surface area contributed by atoms with E-state index in [9.17, 15) is 9.59 Å². The van der Waals surface area contributed by atoms with Crippen molar-refractivity contribution in [2.45, 2.75) is 18.9 Å². The van der Waals surface area contributed by atoms with Gasteiger partial charge in [-0.15, -0.1) is 0 Å². The molecule has 1 aliphatic heterocycles. The standard InChI is InChI=1S/C27H24N4O2/c1-29-22-12-11-18(13-24(22)30(2)27(29)33)19-14-25(32)28-21-9-6-10-23-26(21)20(19)16-31(23)15-17-7-4-3-5-8-17/h3-13,16,19H,14-15H2,1-2H3,(H,28,32). The monoisotopic (exact) mass is 436 g/mol. The number of carbonyl (C=O) groups is 1. The fourth-order valence-electron chi connectivity index (χ4n) is 5.20. The van der Waals surface area contributed by atoms with Crippen LogP contribution >= 0.6 is 0 Å². The quantitative estimate of drug-likeness (QED) is 0.457. The highest BCUT2D eigenvalue weighted by Crippen LogP contribution is 2.41. The number of aryl methyl sites for hydroxylation is 2. The summed E-state index contributed by atoms with van der Waals surface area (Å²) in [5.74, 6) is -0.103. The largest absolute Gasteiger partial charge is 0.343 e. The van der Waals surface area contributed by atoms with Crippen molar-refractivity contribution in [1.82, 2.24) is 13.7 Å². The summed E-state index contributed by atoms with van der Waals surface area (Å²) in [7, 11) is 3.57. The van der Waals surface area contributed by atoms with Gasteiger partial charge in [-0.3, -0.25) is 13.9 Å². The molecule has 164 valence electrons. The number of nitrogens with zero attached hydrogens (tertiary/aromatic N) is 3. The third-order valence-corrected chi connectivity index (χ3v) is 6.87. The van der Waals surface area contributed by atoms with Gasteiger partial charge in [-0.25, -0.2) is 4.79 Å². The minimum Gasteiger partial charge on any atom is -0.343 e. The van der Waals surface area contributed by atoms with Crippen LogP contribution in [0.25, 0.3) is 21.9 Å². The fourth-order valence-corrected chi connectivity index (χ4v) is 5.20. The number of carbonyl (C=O) groups excluding carboxylic acids is 1. The number of hydrogen-bond donors (Lipinski definition) is 1. The van der Waals surface area contributed by atoms with Crippen molar-refractivity contribution in [3.05, 3.63) is 100 Å². The highest BCUT2D eigenvalue weighted by atomic mass is 16.2. The van der Waals surface area contributed by atoms with Gasteiger partial charge >= 0.3 is 5.69 Å². The van der Waals surface area contributed by atoms with Gasteiger partial charge in [0.25, 0.3) is 0 Å². The zero-order chi connectivity index (χ0) is 22.7. The van der Waals surface area contributed by atoms with E-state index in [1.165, 1.54) is 5.56 Å². The molecule has 3 heterocycles. The van der Waals surface area contributed by atoms with Gasteiger partial charge in [0, 0.05) is 44.6 Å². The lowest BCUT2D eigenvalue weighted by molar-refractivity contribution is -0.116. The number of amides is 1. The first kappa shape index (κ1) is 19.6. The number of aromatic nitrogens is 3. The van der Waals surface area contributed by atoms with E-state index >= 15 is 0 Å². The van der Waals surface area contributed by atoms with Crippen LogP contribution in [-0.4, -0.2) is 19.6 Å². The molecule has 1 atom stereocenters. The van der Waals surface area contributed by atoms with E-state index in [0.29, 0.717) is 6.42 Å². The number of anilines is 1. The number of imidazole rings is 1. The molecule has 0 aliphatic carbocycles. The van der Waals surface area contributed by atoms with E-state index in [4.69, 9.17) is 0 Å². The Bertz CT molecular complexity index is 1600. The number of fused-ring (bicyclic) bond motifs is 1. The van der Waals surface area contributed by atoms with Gasteiger partial charge in [0.2, 0.25) is 5.91 Å². The Hall–Kier alpha value is -4.06. The Balaban J connectivity index is 1.56. The lowest BCUT2D eigenvalue weighted by Gasteiger charge is -2.15. The second-order valence-electron chi connectivity index (χ2n) is 8.85. The van der Waals surface area contributed by atoms with Crippen LogP contribution in [0.2, 0.25) is 0 Å². The molecule has 0 fully saturated rings. The van der Waals surface area contributed by atoms with Crippen molar-refractivity contribution in [3.63, 3.8) is 0 Å². The van der Waals surface area contributed by atoms with Crippen molar-refractivity contribution >= 4 is 33.5 Å². The average Bonchev–Trinajstić information content (AvgIpc) is 3.23. The lowest BCUT2D eigenvalue weighted by atomic mass is 9.88. The average molecular weight is 437 g/mol. The van der Waals surface area contributed by atoms with E-state index in [0.717, 1.165) is 45.3 Å². The summed E-state index contributed by atoms with van der Waals surface area (Å²) in [5.41, 5.74) is 7.06. The predicted octanol–water partition coefficient (Wildman–Crippen LogP) is 4.35. The first-order chi connectivity index (χ1) is 16.0. The Labute approximate surface area is 190 Å². The van der Waals surface area contributed by atoms with Gasteiger partial charge in [0.05, 0.1) is 22.2 Å². The van der Waals surface area contributed by atoms with Crippen LogP contribution in [0.1, 0.15) is 29.0 Å². The second kappa shape index (κ2) is 7.24. The molecule has 1 unspecified atom stereocenters. The number of nitrogens with one attached hydrogen (secondary N) is 1. The van der Waals surface area contributed by atoms with Gasteiger partial charge in [-0.2, -0.15) is 0 Å². The van der Waals surface area contributed by atoms with Gasteiger partial charge in [0.15, 0.2) is 0 Å². The Morgan fingerprint density at radius 3 is 2.48 bits per heavy atom. The normalized spacial score (nSPS) is 15.7. The minimum atomic E-state index is -0.104. The van der Waals surface area contributed by atoms with E-state index in [1.54, 1.807) is 23.2 Å². The molecule has 0 spiro atoms. The smallest absolute Gasteiger partial charge is 0.328 e. The molecule has 0 bridgehead atoms. The maximum Gasteiger partial charge on any atom is 0.328 e. The predicted molar refractivity (Wildman–Crippen MR) is 131 cm³/mol. The molecule has 1 aliphatic rings. The van der Waals surface area contributed by atoms with E-state index in [2.05, 4.69) is 52.5 Å². The van der Waals surface area contributed by atoms with Crippen molar-refractivity contribution in [2.75, 3.05) is 5.32 Å². The molecule has 0 saturated heterocycles. The van der Waals surface area contributed by atoms with Crippen molar-refractivity contribution in [3.8, 4) is 0 Å². The molecule has 5 aromatic rings. The van der Waals surface area contributed by atoms with Crippen molar-refractivity contribution in [1.29, 1.82) is 0 Å². The van der Waals surface area contributed by atoms with Gasteiger partial charge in [-0.05, 0) is 41.0 Å². The summed E-state index contributed by atoms with van der Waals surface area (Å²) >= 11 is 0. The first-order valence-electron chi connectivity index (χ1n) is 11.1. The van der Waals surface area contributed by atoms with Gasteiger partial charge in [-0.1, -0.05) is 42.5 Å². The summed E-state index contributed by atoms with van der Waals surface area (Å²) in [6.45, 7) is 0.758. The zero-order valence-corrected chi connectivity index (χ0v) is 18.6. The Kier molecular flexibility index (Phi) is 4.30. The Morgan fingerprint density at radius 2 is 1.67 bits per heavy atom. The van der Waals surface area contributed by atoms with E-state index in [-0.39, 0.29) is 17.5 Å². The van der Waals surface area contributed by atoms with Crippen molar-refractivity contribution < 1.29 is 4.79 Å². The third kappa shape index (κ3) is 3.02. The number of benzene rings is 3. The molecule has 6 nitrogen and oxygen atoms in total. The van der Waals surface area contributed by atoms with Gasteiger partial charge in [0.1, 0.15) is 0 Å². The molecule has 0 radical (unpaired) electrons. The summed E-state index contributed by atoms with van der Waals surface area (Å²) in [4.78, 5) is 25.3. The number of hydrogen-bond acceptors (Lipinski definition) is 2. The summed E-state index contributed by atoms with van der Waals surface area (Å²) in [5, 5.41) is 4.20. The molecule has 1 N–H and O–H groups in total. The van der Waals surface area contributed by atoms with E-state index < -0.39 is 0 Å². The summed E-state index contributed by atoms with van der Waals surface area (Å²) < 4.78 is 5.59. The molecular weight excluding hydrogens is 412 g/mol. The molecule has 6 heteroatoms. The molecule has 3 aromatic carbocycles. The lowest BCUT2D eigenvalue weighted by Crippen LogP contribution is -2.19. The highest BCUT2D eigenvalue weighted by Gasteiger charge is 2.28. The van der Waals surface area contributed by atoms with Crippen LogP contribution in [0.3, 0.4) is 0 Å². The van der Waals surface area contributed by atoms with Crippen LogP contribution in [0.5, 0.6) is 0 Å². The summed E-state index contributed by atoms with van der Waals surface area (Å²) in [6, 6.07) is 22.6. The fraction of sp³-hybridized carbons (Fsp3) is 0.185. The van der Waals surface area contributed by atoms with Crippen LogP contribution in [0.15, 0.2) is 77.7 Å². The van der Waals surface area contributed by atoms with Gasteiger partial charge < -0.3 is 9.88 Å². The SMILES string of the molecule is Cn1c(=O)n(C)c2cc(C3CC(=O)Nc4cccc5c4c3cn5Cc3ccccc3)ccc21. The van der Waals surface area contributed by atoms with Crippen LogP contribution in [-0.2, 0) is 25.4 Å². The molecular formula is C27H24N4O2. The van der Waals surface area contributed by atoms with E-state index in [1.807, 2.05) is 30.3 Å². The summed E-state index contributed by atoms with van der Waals surface area (Å²) in [6.07, 6.45) is 2.55. The molecule has 6 rings (SSSR count). The second-order valence-corrected chi connectivity index (χ2v) is 8.85. The highest BCUT2D eigenvalue weighted by molar-refractivity contribution is 6.06. The molecule has 1 amide bonds. The van der Waals surface area contributed by atoms with Crippen molar-refractivity contribution in [2.24, 2.45) is 14.1 Å². The number of rotatable bonds is 3. The van der Waals surface area contributed by atoms with Crippen LogP contribution in [0.4, 0.5) is 5.69 Å².